The molecule has 0 atom stereocenters. The third-order valence-corrected chi connectivity index (χ3v) is 25.4. The molecule has 8 aromatic heterocycles. The molecule has 1 aliphatic carbocycles. The fourth-order valence-corrected chi connectivity index (χ4v) is 20.5. The van der Waals surface area contributed by atoms with Crippen molar-refractivity contribution in [1.82, 2.24) is 36.5 Å². The van der Waals surface area contributed by atoms with Crippen molar-refractivity contribution in [3.05, 3.63) is 381 Å². The predicted octanol–water partition coefficient (Wildman–Crippen LogP) is 28.5. The quantitative estimate of drug-likeness (QED) is 0.131. The van der Waals surface area contributed by atoms with Gasteiger partial charge in [0, 0.05) is 132 Å². The number of para-hydroxylation sites is 8. The number of aryl methyl sites for hydroxylation is 1. The zero-order valence-electron chi connectivity index (χ0n) is 63.8. The molecular formula is C108H72N8. The fraction of sp³-hybridized carbons (Fsp3) is 0.0370. The lowest BCUT2D eigenvalue weighted by molar-refractivity contribution is 0.979. The Labute approximate surface area is 666 Å². The van der Waals surface area contributed by atoms with Crippen LogP contribution < -0.4 is 0 Å². The van der Waals surface area contributed by atoms with Crippen LogP contribution in [-0.4, -0.2) is 36.5 Å². The van der Waals surface area contributed by atoms with Gasteiger partial charge < -0.3 is 36.5 Å². The van der Waals surface area contributed by atoms with Crippen LogP contribution >= 0.6 is 0 Å². The van der Waals surface area contributed by atoms with Gasteiger partial charge in [-0.3, -0.25) is 0 Å². The van der Waals surface area contributed by atoms with Gasteiger partial charge in [-0.1, -0.05) is 206 Å². The highest BCUT2D eigenvalue weighted by atomic mass is 15.1. The first-order chi connectivity index (χ1) is 57.5. The van der Waals surface area contributed by atoms with E-state index in [0.717, 1.165) is 74.8 Å². The molecule has 0 saturated carbocycles. The predicted molar refractivity (Wildman–Crippen MR) is 490 cm³/mol. The SMILES string of the molecule is C/C=C\c1c(C)c2cc3c(cc2n1-c1ccc(-c2ccc4c(c2)c2ccc5c6ccccc6n(-c6ccc(-n7c8ccccc8c8c9c%10ccccc%10n(C%10=CC=CCC%10)c9ccc87)cc6)c5c2n4-c2ccccc2)cc1)c1ccccc1n3-c1ccc(-n2c3ccccc3c3ccc4c5ccccc5n(-c5ccccc5)c4c32)cc1. The third kappa shape index (κ3) is 9.03. The second-order valence-electron chi connectivity index (χ2n) is 31.4. The van der Waals surface area contributed by atoms with E-state index in [2.05, 4.69) is 427 Å². The minimum Gasteiger partial charge on any atom is -0.313 e. The van der Waals surface area contributed by atoms with Gasteiger partial charge in [-0.2, -0.15) is 0 Å². The van der Waals surface area contributed by atoms with Gasteiger partial charge >= 0.3 is 0 Å². The molecule has 16 aromatic carbocycles. The molecule has 0 amide bonds. The van der Waals surface area contributed by atoms with E-state index < -0.39 is 0 Å². The maximum absolute atomic E-state index is 2.51. The molecule has 0 unspecified atom stereocenters. The Bertz CT molecular complexity index is 8420. The van der Waals surface area contributed by atoms with Crippen molar-refractivity contribution in [2.45, 2.75) is 26.7 Å². The van der Waals surface area contributed by atoms with Crippen LogP contribution in [0.15, 0.2) is 370 Å². The smallest absolute Gasteiger partial charge is 0.0788 e. The maximum atomic E-state index is 2.51. The van der Waals surface area contributed by atoms with Gasteiger partial charge in [-0.15, -0.1) is 0 Å². The van der Waals surface area contributed by atoms with Gasteiger partial charge in [0.15, 0.2) is 0 Å². The molecule has 0 saturated heterocycles. The van der Waals surface area contributed by atoms with Crippen LogP contribution in [0.5, 0.6) is 0 Å². The summed E-state index contributed by atoms with van der Waals surface area (Å²) < 4.78 is 19.9. The Kier molecular flexibility index (Phi) is 13.7. The number of rotatable bonds is 10. The summed E-state index contributed by atoms with van der Waals surface area (Å²) in [7, 11) is 0. The molecule has 0 aliphatic heterocycles. The zero-order chi connectivity index (χ0) is 76.1. The molecule has 0 spiro atoms. The molecule has 25 rings (SSSR count). The highest BCUT2D eigenvalue weighted by Gasteiger charge is 2.28. The summed E-state index contributed by atoms with van der Waals surface area (Å²) >= 11 is 0. The van der Waals surface area contributed by atoms with Gasteiger partial charge in [0.2, 0.25) is 0 Å². The minimum absolute atomic E-state index is 1.01. The van der Waals surface area contributed by atoms with Crippen molar-refractivity contribution >= 4 is 175 Å². The summed E-state index contributed by atoms with van der Waals surface area (Å²) in [6, 6.07) is 129. The van der Waals surface area contributed by atoms with Crippen LogP contribution in [0.2, 0.25) is 0 Å². The monoisotopic (exact) mass is 1480 g/mol. The number of nitrogens with zero attached hydrogens (tertiary/aromatic N) is 8. The highest BCUT2D eigenvalue weighted by Crippen LogP contribution is 2.49. The third-order valence-electron chi connectivity index (χ3n) is 25.4. The van der Waals surface area contributed by atoms with Crippen LogP contribution in [0, 0.1) is 6.92 Å². The van der Waals surface area contributed by atoms with Crippen LogP contribution in [0.25, 0.3) is 226 Å². The number of benzene rings is 16. The highest BCUT2D eigenvalue weighted by molar-refractivity contribution is 6.30. The van der Waals surface area contributed by atoms with Gasteiger partial charge in [0.25, 0.3) is 0 Å². The van der Waals surface area contributed by atoms with E-state index in [0.29, 0.717) is 0 Å². The average molecular weight is 1480 g/mol. The van der Waals surface area contributed by atoms with E-state index in [-0.39, 0.29) is 0 Å². The Balaban J connectivity index is 0.601. The van der Waals surface area contributed by atoms with Crippen molar-refractivity contribution < 1.29 is 0 Å². The van der Waals surface area contributed by atoms with E-state index in [4.69, 9.17) is 0 Å². The number of allylic oxidation sites excluding steroid dienone is 5. The lowest BCUT2D eigenvalue weighted by atomic mass is 10.0. The molecule has 1 aliphatic rings. The van der Waals surface area contributed by atoms with Crippen LogP contribution in [-0.2, 0) is 0 Å². The Morgan fingerprint density at radius 3 is 1.04 bits per heavy atom. The minimum atomic E-state index is 1.01. The molecule has 0 fully saturated rings. The van der Waals surface area contributed by atoms with Gasteiger partial charge in [0.05, 0.1) is 82.8 Å². The summed E-state index contributed by atoms with van der Waals surface area (Å²) in [6.45, 7) is 4.42. The standard InChI is InChI=1S/C108H72N8/c1-3-25-91-67(2)88-65-102-90(81-35-16-19-38-92(81)112(102)75-51-55-77(56-52-75)115-94-40-21-14-33-79(94)83-58-57-82-78-32-13-20-39-93(78)113(105(82)106(83)115)71-28-9-5-10-29-71)66-101(88)109(91)73-47-44-68(45-48-73)69-46-61-98-89(64-69)85-60-59-84-80-34-15-22-41-95(80)116(107(84)108(85)114(98)72-30-11-6-12-31-72)76-53-49-74(50-54-76)111-97-43-24-18-37-87(97)104-100(111)63-62-99-103(104)86-36-17-23-42-96(86)110(99)70-26-7-4-8-27-70/h3-7,9-26,28-66H,8,27H2,1-2H3/b25-3-. The number of aromatic nitrogens is 8. The molecule has 116 heavy (non-hydrogen) atoms. The first kappa shape index (κ1) is 64.5. The molecule has 8 heterocycles. The largest absolute Gasteiger partial charge is 0.313 e. The van der Waals surface area contributed by atoms with E-state index in [9.17, 15) is 0 Å². The number of hydrogen-bond donors (Lipinski definition) is 0. The molecule has 24 aromatic rings. The van der Waals surface area contributed by atoms with Crippen molar-refractivity contribution in [2.75, 3.05) is 0 Å². The fourth-order valence-electron chi connectivity index (χ4n) is 20.5. The van der Waals surface area contributed by atoms with Gasteiger partial charge in [-0.05, 0) is 213 Å². The Hall–Kier alpha value is -15.1. The summed E-state index contributed by atoms with van der Waals surface area (Å²) in [5, 5.41) is 18.5. The van der Waals surface area contributed by atoms with E-state index in [1.54, 1.807) is 0 Å². The second kappa shape index (κ2) is 24.7. The number of hydrogen-bond acceptors (Lipinski definition) is 0. The Morgan fingerprint density at radius 2 is 0.569 bits per heavy atom. The van der Waals surface area contributed by atoms with E-state index in [1.165, 1.54) is 169 Å². The molecule has 0 N–H and O–H groups in total. The lowest BCUT2D eigenvalue weighted by Gasteiger charge is -2.14. The summed E-state index contributed by atoms with van der Waals surface area (Å²) in [5.41, 5.74) is 31.7. The molecule has 544 valence electrons. The Morgan fingerprint density at radius 1 is 0.241 bits per heavy atom. The average Bonchev–Trinajstić information content (AvgIpc) is 1.55. The number of fused-ring (bicyclic) bond motifs is 25. The molecule has 0 bridgehead atoms. The van der Waals surface area contributed by atoms with E-state index in [1.807, 2.05) is 0 Å². The zero-order valence-corrected chi connectivity index (χ0v) is 63.8. The van der Waals surface area contributed by atoms with Crippen LogP contribution in [0.1, 0.15) is 31.0 Å². The van der Waals surface area contributed by atoms with Crippen molar-refractivity contribution in [2.24, 2.45) is 0 Å². The van der Waals surface area contributed by atoms with Crippen molar-refractivity contribution in [3.8, 4) is 50.9 Å². The van der Waals surface area contributed by atoms with Gasteiger partial charge in [0.1, 0.15) is 0 Å². The lowest BCUT2D eigenvalue weighted by Crippen LogP contribution is -2.00. The topological polar surface area (TPSA) is 39.4 Å². The molecule has 8 heteroatoms. The van der Waals surface area contributed by atoms with Crippen LogP contribution in [0.3, 0.4) is 0 Å². The molecule has 0 radical (unpaired) electrons. The first-order valence-electron chi connectivity index (χ1n) is 40.4. The van der Waals surface area contributed by atoms with Crippen molar-refractivity contribution in [3.63, 3.8) is 0 Å². The van der Waals surface area contributed by atoms with Gasteiger partial charge in [-0.25, -0.2) is 0 Å². The van der Waals surface area contributed by atoms with E-state index >= 15 is 0 Å². The maximum Gasteiger partial charge on any atom is 0.0788 e. The second-order valence-corrected chi connectivity index (χ2v) is 31.4. The first-order valence-corrected chi connectivity index (χ1v) is 40.4. The molecule has 8 nitrogen and oxygen atoms in total. The summed E-state index contributed by atoms with van der Waals surface area (Å²) in [6.07, 6.45) is 13.3. The van der Waals surface area contributed by atoms with Crippen molar-refractivity contribution in [1.29, 1.82) is 0 Å². The molecular weight excluding hydrogens is 1410 g/mol. The summed E-state index contributed by atoms with van der Waals surface area (Å²) in [5.74, 6) is 0. The van der Waals surface area contributed by atoms with Crippen LogP contribution in [0.4, 0.5) is 0 Å². The normalized spacial score (nSPS) is 13.0. The summed E-state index contributed by atoms with van der Waals surface area (Å²) in [4.78, 5) is 0.